The lowest BCUT2D eigenvalue weighted by atomic mass is 10.2. The topological polar surface area (TPSA) is 32.3 Å². The van der Waals surface area contributed by atoms with Gasteiger partial charge in [0, 0.05) is 34.1 Å². The van der Waals surface area contributed by atoms with Crippen LogP contribution in [0.3, 0.4) is 0 Å². The van der Waals surface area contributed by atoms with Crippen molar-refractivity contribution in [2.45, 2.75) is 19.9 Å². The molecule has 0 unspecified atom stereocenters. The highest BCUT2D eigenvalue weighted by Gasteiger charge is 2.12. The summed E-state index contributed by atoms with van der Waals surface area (Å²) in [6, 6.07) is 22.5. The summed E-state index contributed by atoms with van der Waals surface area (Å²) in [5.41, 5.74) is 3.03. The van der Waals surface area contributed by atoms with Crippen molar-refractivity contribution < 1.29 is 4.79 Å². The normalized spacial score (nSPS) is 11.0. The second kappa shape index (κ2) is 8.50. The molecular formula is C22H22N2OS. The van der Waals surface area contributed by atoms with Crippen molar-refractivity contribution in [3.63, 3.8) is 0 Å². The number of carbonyl (C=O) groups excluding carboxylic acids is 1. The van der Waals surface area contributed by atoms with Crippen LogP contribution in [0.2, 0.25) is 0 Å². The summed E-state index contributed by atoms with van der Waals surface area (Å²) in [6.07, 6.45) is 3.38. The number of carbonyl (C=O) groups is 1. The van der Waals surface area contributed by atoms with E-state index in [1.54, 1.807) is 17.4 Å². The number of thiophene rings is 1. The number of nitrogens with one attached hydrogen (secondary N) is 1. The van der Waals surface area contributed by atoms with E-state index in [0.717, 1.165) is 21.9 Å². The quantitative estimate of drug-likeness (QED) is 0.550. The van der Waals surface area contributed by atoms with Crippen LogP contribution in [0.5, 0.6) is 0 Å². The third-order valence-corrected chi connectivity index (χ3v) is 4.74. The van der Waals surface area contributed by atoms with Crippen LogP contribution in [-0.2, 0) is 4.79 Å². The van der Waals surface area contributed by atoms with Gasteiger partial charge in [0.2, 0.25) is 5.91 Å². The maximum absolute atomic E-state index is 12.1. The Morgan fingerprint density at radius 3 is 2.27 bits per heavy atom. The van der Waals surface area contributed by atoms with E-state index in [0.29, 0.717) is 6.04 Å². The molecule has 132 valence electrons. The van der Waals surface area contributed by atoms with Crippen LogP contribution in [-0.4, -0.2) is 11.9 Å². The highest BCUT2D eigenvalue weighted by atomic mass is 32.1. The SMILES string of the molecule is CC(C)N(c1ccccc1)c1ccc(NC(=O)/C=C/c2cccs2)cc1. The average Bonchev–Trinajstić information content (AvgIpc) is 3.16. The first-order valence-corrected chi connectivity index (χ1v) is 9.48. The van der Waals surface area contributed by atoms with Crippen LogP contribution < -0.4 is 10.2 Å². The summed E-state index contributed by atoms with van der Waals surface area (Å²) < 4.78 is 0. The van der Waals surface area contributed by atoms with Crippen molar-refractivity contribution in [1.82, 2.24) is 0 Å². The lowest BCUT2D eigenvalue weighted by molar-refractivity contribution is -0.111. The van der Waals surface area contributed by atoms with Gasteiger partial charge in [-0.3, -0.25) is 4.79 Å². The molecule has 3 nitrogen and oxygen atoms in total. The summed E-state index contributed by atoms with van der Waals surface area (Å²) in [6.45, 7) is 4.33. The van der Waals surface area contributed by atoms with Crippen molar-refractivity contribution in [1.29, 1.82) is 0 Å². The molecule has 4 heteroatoms. The Morgan fingerprint density at radius 1 is 0.962 bits per heavy atom. The van der Waals surface area contributed by atoms with Crippen LogP contribution in [0, 0.1) is 0 Å². The molecule has 1 aromatic heterocycles. The fraction of sp³-hybridized carbons (Fsp3) is 0.136. The first kappa shape index (κ1) is 18.0. The molecule has 3 rings (SSSR count). The minimum atomic E-state index is -0.130. The smallest absolute Gasteiger partial charge is 0.248 e. The molecule has 0 aliphatic heterocycles. The first-order valence-electron chi connectivity index (χ1n) is 8.60. The van der Waals surface area contributed by atoms with E-state index in [2.05, 4.69) is 36.2 Å². The summed E-state index contributed by atoms with van der Waals surface area (Å²) in [7, 11) is 0. The number of benzene rings is 2. The number of nitrogens with zero attached hydrogens (tertiary/aromatic N) is 1. The first-order chi connectivity index (χ1) is 12.6. The van der Waals surface area contributed by atoms with Crippen molar-refractivity contribution in [3.05, 3.63) is 83.1 Å². The van der Waals surface area contributed by atoms with E-state index < -0.39 is 0 Å². The number of hydrogen-bond acceptors (Lipinski definition) is 3. The Bertz CT molecular complexity index is 853. The summed E-state index contributed by atoms with van der Waals surface area (Å²) in [4.78, 5) is 15.4. The molecule has 0 radical (unpaired) electrons. The number of rotatable bonds is 6. The molecule has 2 aromatic carbocycles. The third kappa shape index (κ3) is 4.61. The second-order valence-electron chi connectivity index (χ2n) is 6.18. The molecule has 0 saturated carbocycles. The highest BCUT2D eigenvalue weighted by Crippen LogP contribution is 2.28. The lowest BCUT2D eigenvalue weighted by Gasteiger charge is -2.29. The van der Waals surface area contributed by atoms with Gasteiger partial charge < -0.3 is 10.2 Å². The predicted molar refractivity (Wildman–Crippen MR) is 112 cm³/mol. The van der Waals surface area contributed by atoms with Gasteiger partial charge in [-0.05, 0) is 67.8 Å². The van der Waals surface area contributed by atoms with Gasteiger partial charge in [-0.2, -0.15) is 0 Å². The van der Waals surface area contributed by atoms with Crippen LogP contribution in [0.15, 0.2) is 78.2 Å². The summed E-state index contributed by atoms with van der Waals surface area (Å²) >= 11 is 1.60. The molecule has 3 aromatic rings. The molecule has 0 saturated heterocycles. The predicted octanol–water partition coefficient (Wildman–Crippen LogP) is 5.95. The van der Waals surface area contributed by atoms with Crippen LogP contribution >= 0.6 is 11.3 Å². The van der Waals surface area contributed by atoms with E-state index in [1.165, 1.54) is 0 Å². The van der Waals surface area contributed by atoms with Crippen LogP contribution in [0.25, 0.3) is 6.08 Å². The zero-order valence-corrected chi connectivity index (χ0v) is 15.7. The number of para-hydroxylation sites is 1. The highest BCUT2D eigenvalue weighted by molar-refractivity contribution is 7.10. The molecule has 0 spiro atoms. The van der Waals surface area contributed by atoms with Gasteiger partial charge in [0.15, 0.2) is 0 Å². The number of hydrogen-bond donors (Lipinski definition) is 1. The van der Waals surface area contributed by atoms with Crippen molar-refractivity contribution in [2.75, 3.05) is 10.2 Å². The number of anilines is 3. The van der Waals surface area contributed by atoms with Gasteiger partial charge in [0.05, 0.1) is 0 Å². The van der Waals surface area contributed by atoms with Gasteiger partial charge in [0.1, 0.15) is 0 Å². The Labute approximate surface area is 158 Å². The minimum Gasteiger partial charge on any atom is -0.339 e. The van der Waals surface area contributed by atoms with Gasteiger partial charge in [-0.15, -0.1) is 11.3 Å². The van der Waals surface area contributed by atoms with E-state index >= 15 is 0 Å². The van der Waals surface area contributed by atoms with E-state index in [9.17, 15) is 4.79 Å². The van der Waals surface area contributed by atoms with E-state index in [1.807, 2.05) is 66.1 Å². The molecule has 0 bridgehead atoms. The molecule has 0 atom stereocenters. The Morgan fingerprint density at radius 2 is 1.65 bits per heavy atom. The zero-order chi connectivity index (χ0) is 18.4. The van der Waals surface area contributed by atoms with Crippen molar-refractivity contribution in [3.8, 4) is 0 Å². The Hall–Kier alpha value is -2.85. The van der Waals surface area contributed by atoms with E-state index in [4.69, 9.17) is 0 Å². The number of amides is 1. The van der Waals surface area contributed by atoms with E-state index in [-0.39, 0.29) is 5.91 Å². The lowest BCUT2D eigenvalue weighted by Crippen LogP contribution is -2.25. The summed E-state index contributed by atoms with van der Waals surface area (Å²) in [5, 5.41) is 4.89. The Kier molecular flexibility index (Phi) is 5.87. The zero-order valence-electron chi connectivity index (χ0n) is 14.9. The van der Waals surface area contributed by atoms with Gasteiger partial charge in [-0.1, -0.05) is 24.3 Å². The van der Waals surface area contributed by atoms with Gasteiger partial charge in [-0.25, -0.2) is 0 Å². The maximum atomic E-state index is 12.1. The molecule has 0 aliphatic rings. The Balaban J connectivity index is 1.70. The third-order valence-electron chi connectivity index (χ3n) is 3.91. The average molecular weight is 362 g/mol. The molecule has 1 N–H and O–H groups in total. The largest absolute Gasteiger partial charge is 0.339 e. The second-order valence-corrected chi connectivity index (χ2v) is 7.16. The van der Waals surface area contributed by atoms with Crippen LogP contribution in [0.1, 0.15) is 18.7 Å². The van der Waals surface area contributed by atoms with Gasteiger partial charge in [0.25, 0.3) is 0 Å². The van der Waals surface area contributed by atoms with Crippen molar-refractivity contribution in [2.24, 2.45) is 0 Å². The molecular weight excluding hydrogens is 340 g/mol. The maximum Gasteiger partial charge on any atom is 0.248 e. The minimum absolute atomic E-state index is 0.130. The fourth-order valence-electron chi connectivity index (χ4n) is 2.77. The molecule has 0 fully saturated rings. The van der Waals surface area contributed by atoms with Gasteiger partial charge >= 0.3 is 0 Å². The monoisotopic (exact) mass is 362 g/mol. The van der Waals surface area contributed by atoms with Crippen LogP contribution in [0.4, 0.5) is 17.1 Å². The standard InChI is InChI=1S/C22H22N2OS/c1-17(2)24(19-7-4-3-5-8-19)20-12-10-18(11-13-20)23-22(25)15-14-21-9-6-16-26-21/h3-17H,1-2H3,(H,23,25)/b15-14+. The molecule has 1 amide bonds. The fourth-order valence-corrected chi connectivity index (χ4v) is 3.39. The summed E-state index contributed by atoms with van der Waals surface area (Å²) in [5.74, 6) is -0.130. The molecule has 26 heavy (non-hydrogen) atoms. The molecule has 0 aliphatic carbocycles. The molecule has 1 heterocycles. The van der Waals surface area contributed by atoms with Crippen molar-refractivity contribution >= 4 is 40.4 Å².